The average molecular weight is 640 g/mol. The number of carbonyl (C=O) groups excluding carboxylic acids is 1. The van der Waals surface area contributed by atoms with Gasteiger partial charge in [0.15, 0.2) is 4.80 Å². The van der Waals surface area contributed by atoms with Crippen LogP contribution in [0.1, 0.15) is 31.0 Å². The van der Waals surface area contributed by atoms with Crippen LogP contribution in [-0.2, 0) is 9.53 Å². The van der Waals surface area contributed by atoms with Crippen LogP contribution in [-0.4, -0.2) is 37.5 Å². The summed E-state index contributed by atoms with van der Waals surface area (Å²) in [5.41, 5.74) is 1.76. The molecule has 0 spiro atoms. The van der Waals surface area contributed by atoms with Gasteiger partial charge >= 0.3 is 5.97 Å². The molecule has 11 heteroatoms. The fourth-order valence-corrected chi connectivity index (χ4v) is 6.32. The minimum absolute atomic E-state index is 0.177. The normalized spacial score (nSPS) is 14.6. The molecular formula is C32H28Cl2N2O6S. The fourth-order valence-electron chi connectivity index (χ4n) is 4.72. The van der Waals surface area contributed by atoms with Crippen molar-refractivity contribution in [2.75, 3.05) is 26.9 Å². The summed E-state index contributed by atoms with van der Waals surface area (Å²) in [7, 11) is 1.59. The summed E-state index contributed by atoms with van der Waals surface area (Å²) in [5, 5.41) is 0.669. The first-order valence-electron chi connectivity index (χ1n) is 13.4. The van der Waals surface area contributed by atoms with Crippen LogP contribution in [0, 0.1) is 0 Å². The predicted molar refractivity (Wildman–Crippen MR) is 167 cm³/mol. The third kappa shape index (κ3) is 6.64. The van der Waals surface area contributed by atoms with E-state index in [1.807, 2.05) is 48.5 Å². The number of ether oxygens (including phenoxy) is 4. The van der Waals surface area contributed by atoms with E-state index in [0.717, 1.165) is 5.56 Å². The molecule has 5 rings (SSSR count). The van der Waals surface area contributed by atoms with Crippen LogP contribution in [0.4, 0.5) is 0 Å². The van der Waals surface area contributed by atoms with Crippen molar-refractivity contribution in [3.63, 3.8) is 0 Å². The monoisotopic (exact) mass is 638 g/mol. The number of halogens is 2. The average Bonchev–Trinajstić information content (AvgIpc) is 3.29. The zero-order valence-electron chi connectivity index (χ0n) is 23.6. The maximum Gasteiger partial charge on any atom is 0.338 e. The Morgan fingerprint density at radius 1 is 1.02 bits per heavy atom. The zero-order chi connectivity index (χ0) is 30.5. The molecule has 0 bridgehead atoms. The van der Waals surface area contributed by atoms with Crippen molar-refractivity contribution in [1.29, 1.82) is 0 Å². The van der Waals surface area contributed by atoms with Crippen molar-refractivity contribution in [3.8, 4) is 17.2 Å². The van der Waals surface area contributed by atoms with E-state index in [9.17, 15) is 9.59 Å². The molecule has 0 aliphatic carbocycles. The number of hydrogen-bond acceptors (Lipinski definition) is 8. The largest absolute Gasteiger partial charge is 0.497 e. The Kier molecular flexibility index (Phi) is 9.55. The molecule has 1 aliphatic heterocycles. The van der Waals surface area contributed by atoms with Gasteiger partial charge < -0.3 is 18.9 Å². The summed E-state index contributed by atoms with van der Waals surface area (Å²) < 4.78 is 24.3. The summed E-state index contributed by atoms with van der Waals surface area (Å²) in [6, 6.07) is 19.1. The van der Waals surface area contributed by atoms with E-state index in [4.69, 9.17) is 42.1 Å². The van der Waals surface area contributed by atoms with Crippen molar-refractivity contribution in [2.45, 2.75) is 19.9 Å². The van der Waals surface area contributed by atoms with E-state index >= 15 is 0 Å². The number of carbonyl (C=O) groups is 1. The van der Waals surface area contributed by atoms with Crippen LogP contribution in [0.25, 0.3) is 6.08 Å². The maximum atomic E-state index is 14.0. The standard InChI is InChI=1S/C32H28Cl2N2O6S/c1-4-40-31(38)27-19(2)35-32-36(28(27)20-9-6-5-7-10-20)30(37)26(43-32)16-21-15-22(33)17-25(34)29(21)42-14-13-41-24-12-8-11-23(18-24)39-3/h5-12,15-18,28H,4,13-14H2,1-3H3/b26-16-. The quantitative estimate of drug-likeness (QED) is 0.167. The molecule has 0 saturated heterocycles. The molecule has 0 saturated carbocycles. The number of hydrogen-bond donors (Lipinski definition) is 0. The van der Waals surface area contributed by atoms with Gasteiger partial charge in [0.25, 0.3) is 5.56 Å². The molecule has 1 aromatic heterocycles. The van der Waals surface area contributed by atoms with Gasteiger partial charge in [-0.3, -0.25) is 9.36 Å². The number of thiazole rings is 1. The third-order valence-electron chi connectivity index (χ3n) is 6.60. The third-order valence-corrected chi connectivity index (χ3v) is 8.08. The van der Waals surface area contributed by atoms with Crippen LogP contribution in [0.15, 0.2) is 87.8 Å². The lowest BCUT2D eigenvalue weighted by atomic mass is 9.96. The van der Waals surface area contributed by atoms with Gasteiger partial charge in [-0.1, -0.05) is 70.9 Å². The first-order chi connectivity index (χ1) is 20.8. The van der Waals surface area contributed by atoms with Crippen molar-refractivity contribution < 1.29 is 23.7 Å². The molecule has 2 heterocycles. The molecule has 4 aromatic rings. The summed E-state index contributed by atoms with van der Waals surface area (Å²) in [4.78, 5) is 32.1. The van der Waals surface area contributed by atoms with Gasteiger partial charge in [0, 0.05) is 16.7 Å². The van der Waals surface area contributed by atoms with Gasteiger partial charge in [0.2, 0.25) is 0 Å². The summed E-state index contributed by atoms with van der Waals surface area (Å²) in [6.07, 6.45) is 1.67. The Hall–Kier alpha value is -4.05. The Morgan fingerprint density at radius 2 is 1.77 bits per heavy atom. The van der Waals surface area contributed by atoms with Crippen LogP contribution in [0.5, 0.6) is 17.2 Å². The van der Waals surface area contributed by atoms with Gasteiger partial charge in [0.1, 0.15) is 30.5 Å². The second-order valence-corrected chi connectivity index (χ2v) is 11.2. The van der Waals surface area contributed by atoms with E-state index in [2.05, 4.69) is 4.99 Å². The molecule has 1 unspecified atom stereocenters. The summed E-state index contributed by atoms with van der Waals surface area (Å²) >= 11 is 14.1. The number of esters is 1. The molecule has 0 fully saturated rings. The van der Waals surface area contributed by atoms with Crippen LogP contribution in [0.3, 0.4) is 0 Å². The minimum Gasteiger partial charge on any atom is -0.497 e. The van der Waals surface area contributed by atoms with Crippen molar-refractivity contribution in [2.24, 2.45) is 4.99 Å². The van der Waals surface area contributed by atoms with Crippen LogP contribution in [0.2, 0.25) is 10.0 Å². The van der Waals surface area contributed by atoms with Crippen LogP contribution >= 0.6 is 34.5 Å². The number of methoxy groups -OCH3 is 1. The van der Waals surface area contributed by atoms with Gasteiger partial charge in [-0.05, 0) is 49.8 Å². The summed E-state index contributed by atoms with van der Waals surface area (Å²) in [5.74, 6) is 1.16. The molecule has 1 aliphatic rings. The lowest BCUT2D eigenvalue weighted by Gasteiger charge is -2.24. The lowest BCUT2D eigenvalue weighted by Crippen LogP contribution is -2.39. The highest BCUT2D eigenvalue weighted by Crippen LogP contribution is 2.34. The number of allylic oxidation sites excluding steroid dienone is 1. The van der Waals surface area contributed by atoms with Crippen molar-refractivity contribution >= 4 is 46.6 Å². The number of nitrogens with zero attached hydrogens (tertiary/aromatic N) is 2. The second kappa shape index (κ2) is 13.5. The van der Waals surface area contributed by atoms with E-state index in [1.54, 1.807) is 45.2 Å². The molecular weight excluding hydrogens is 611 g/mol. The van der Waals surface area contributed by atoms with Gasteiger partial charge in [-0.2, -0.15) is 0 Å². The maximum absolute atomic E-state index is 14.0. The number of fused-ring (bicyclic) bond motifs is 1. The Bertz CT molecular complexity index is 1870. The molecule has 0 N–H and O–H groups in total. The number of benzene rings is 3. The highest BCUT2D eigenvalue weighted by molar-refractivity contribution is 7.07. The molecule has 8 nitrogen and oxygen atoms in total. The predicted octanol–water partition coefficient (Wildman–Crippen LogP) is 5.57. The summed E-state index contributed by atoms with van der Waals surface area (Å²) in [6.45, 7) is 4.10. The zero-order valence-corrected chi connectivity index (χ0v) is 26.0. The Balaban J connectivity index is 1.51. The molecule has 1 atom stereocenters. The highest BCUT2D eigenvalue weighted by atomic mass is 35.5. The van der Waals surface area contributed by atoms with Crippen molar-refractivity contribution in [1.82, 2.24) is 4.57 Å². The minimum atomic E-state index is -0.703. The van der Waals surface area contributed by atoms with Gasteiger partial charge in [0.05, 0.1) is 40.6 Å². The molecule has 0 radical (unpaired) electrons. The van der Waals surface area contributed by atoms with E-state index in [1.165, 1.54) is 15.9 Å². The van der Waals surface area contributed by atoms with E-state index in [-0.39, 0.29) is 30.4 Å². The number of aromatic nitrogens is 1. The first-order valence-corrected chi connectivity index (χ1v) is 15.0. The number of rotatable bonds is 10. The molecule has 43 heavy (non-hydrogen) atoms. The van der Waals surface area contributed by atoms with E-state index < -0.39 is 12.0 Å². The molecule has 222 valence electrons. The van der Waals surface area contributed by atoms with Crippen molar-refractivity contribution in [3.05, 3.63) is 119 Å². The fraction of sp³-hybridized carbons (Fsp3) is 0.219. The molecule has 3 aromatic carbocycles. The van der Waals surface area contributed by atoms with Gasteiger partial charge in [-0.15, -0.1) is 0 Å². The smallest absolute Gasteiger partial charge is 0.338 e. The second-order valence-electron chi connectivity index (χ2n) is 9.39. The lowest BCUT2D eigenvalue weighted by molar-refractivity contribution is -0.139. The Labute approximate surface area is 262 Å². The Morgan fingerprint density at radius 3 is 2.51 bits per heavy atom. The SMILES string of the molecule is CCOC(=O)C1=C(C)N=c2s/c(=C\c3cc(Cl)cc(Cl)c3OCCOc3cccc(OC)c3)c(=O)n2C1c1ccccc1. The first kappa shape index (κ1) is 30.4. The highest BCUT2D eigenvalue weighted by Gasteiger charge is 2.33. The topological polar surface area (TPSA) is 88.4 Å². The molecule has 0 amide bonds. The van der Waals surface area contributed by atoms with Gasteiger partial charge in [-0.25, -0.2) is 9.79 Å². The van der Waals surface area contributed by atoms with E-state index in [0.29, 0.717) is 48.4 Å². The van der Waals surface area contributed by atoms with Crippen LogP contribution < -0.4 is 29.1 Å².